The molecule has 1 aromatic rings. The summed E-state index contributed by atoms with van der Waals surface area (Å²) < 4.78 is 61.2. The van der Waals surface area contributed by atoms with E-state index in [9.17, 15) is 21.6 Å². The normalized spacial score (nSPS) is 19.4. The van der Waals surface area contributed by atoms with Gasteiger partial charge in [-0.05, 0) is 0 Å². The van der Waals surface area contributed by atoms with Crippen molar-refractivity contribution in [3.63, 3.8) is 0 Å². The van der Waals surface area contributed by atoms with Crippen molar-refractivity contribution in [2.45, 2.75) is 0 Å². The van der Waals surface area contributed by atoms with Gasteiger partial charge in [-0.1, -0.05) is 0 Å². The molecule has 0 aromatic carbocycles. The predicted octanol–water partition coefficient (Wildman–Crippen LogP) is 0.734. The molecule has 0 aliphatic carbocycles. The molecule has 0 atom stereocenters. The number of hydrogen-bond donors (Lipinski definition) is 0. The first-order valence-electron chi connectivity index (χ1n) is 4.86. The first-order chi connectivity index (χ1) is 7.89. The Morgan fingerprint density at radius 2 is 1.71 bits per heavy atom. The van der Waals surface area contributed by atoms with E-state index in [0.717, 1.165) is 0 Å². The summed E-state index contributed by atoms with van der Waals surface area (Å²) in [6, 6.07) is 0.404. The summed E-state index contributed by atoms with van der Waals surface area (Å²) in [6.45, 7) is 0.0502. The summed E-state index contributed by atoms with van der Waals surface area (Å²) in [5, 5.41) is 0. The molecule has 0 bridgehead atoms. The molecule has 2 rings (SSSR count). The number of nitrogens with zero attached hydrogens (tertiary/aromatic N) is 2. The van der Waals surface area contributed by atoms with Crippen molar-refractivity contribution in [1.29, 1.82) is 0 Å². The van der Waals surface area contributed by atoms with Gasteiger partial charge in [-0.15, -0.1) is 0 Å². The lowest BCUT2D eigenvalue weighted by Gasteiger charge is -2.27. The van der Waals surface area contributed by atoms with Crippen molar-refractivity contribution >= 4 is 15.7 Å². The zero-order chi connectivity index (χ0) is 12.6. The lowest BCUT2D eigenvalue weighted by atomic mass is 10.3. The molecule has 0 unspecified atom stereocenters. The van der Waals surface area contributed by atoms with Gasteiger partial charge in [0.05, 0.1) is 11.5 Å². The Morgan fingerprint density at radius 1 is 1.12 bits per heavy atom. The topological polar surface area (TPSA) is 50.3 Å². The summed E-state index contributed by atoms with van der Waals surface area (Å²) in [5.41, 5.74) is 0. The van der Waals surface area contributed by atoms with Gasteiger partial charge >= 0.3 is 0 Å². The lowest BCUT2D eigenvalue weighted by Crippen LogP contribution is -2.41. The quantitative estimate of drug-likeness (QED) is 0.703. The van der Waals surface area contributed by atoms with E-state index in [-0.39, 0.29) is 30.4 Å². The van der Waals surface area contributed by atoms with Crippen LogP contribution in [0.4, 0.5) is 19.0 Å². The predicted molar refractivity (Wildman–Crippen MR) is 55.0 cm³/mol. The maximum Gasteiger partial charge on any atom is 0.251 e. The minimum Gasteiger partial charge on any atom is -0.352 e. The molecule has 94 valence electrons. The van der Waals surface area contributed by atoms with Crippen LogP contribution in [0.25, 0.3) is 0 Å². The van der Waals surface area contributed by atoms with E-state index in [2.05, 4.69) is 4.98 Å². The SMILES string of the molecule is O=S1(=O)CCN(c2nc(F)c(F)cc2F)CC1. The van der Waals surface area contributed by atoms with Gasteiger partial charge < -0.3 is 4.90 Å². The van der Waals surface area contributed by atoms with Crippen molar-refractivity contribution in [3.05, 3.63) is 23.6 Å². The minimum absolute atomic E-state index is 0.0251. The number of aromatic nitrogens is 1. The highest BCUT2D eigenvalue weighted by atomic mass is 32.2. The van der Waals surface area contributed by atoms with E-state index in [4.69, 9.17) is 0 Å². The second-order valence-electron chi connectivity index (χ2n) is 3.71. The Morgan fingerprint density at radius 3 is 2.29 bits per heavy atom. The van der Waals surface area contributed by atoms with Gasteiger partial charge in [0.2, 0.25) is 0 Å². The Labute approximate surface area is 96.0 Å². The second-order valence-corrected chi connectivity index (χ2v) is 6.01. The van der Waals surface area contributed by atoms with Crippen molar-refractivity contribution in [2.24, 2.45) is 0 Å². The summed E-state index contributed by atoms with van der Waals surface area (Å²) in [4.78, 5) is 4.45. The average molecular weight is 266 g/mol. The maximum atomic E-state index is 13.3. The van der Waals surface area contributed by atoms with Crippen molar-refractivity contribution in [1.82, 2.24) is 4.98 Å². The van der Waals surface area contributed by atoms with E-state index in [1.54, 1.807) is 0 Å². The van der Waals surface area contributed by atoms with Gasteiger partial charge in [0.25, 0.3) is 5.95 Å². The Bertz CT molecular complexity index is 533. The summed E-state index contributed by atoms with van der Waals surface area (Å²) in [7, 11) is -3.11. The molecular formula is C9H9F3N2O2S. The Hall–Kier alpha value is -1.31. The third-order valence-electron chi connectivity index (χ3n) is 2.51. The molecule has 0 saturated carbocycles. The smallest absolute Gasteiger partial charge is 0.251 e. The van der Waals surface area contributed by atoms with Gasteiger partial charge in [0, 0.05) is 19.2 Å². The first kappa shape index (κ1) is 12.2. The first-order valence-corrected chi connectivity index (χ1v) is 6.68. The molecule has 4 nitrogen and oxygen atoms in total. The van der Waals surface area contributed by atoms with E-state index >= 15 is 0 Å². The number of anilines is 1. The Balaban J connectivity index is 2.27. The van der Waals surface area contributed by atoms with Gasteiger partial charge in [-0.2, -0.15) is 9.37 Å². The van der Waals surface area contributed by atoms with E-state index in [1.807, 2.05) is 0 Å². The molecule has 0 N–H and O–H groups in total. The van der Waals surface area contributed by atoms with E-state index in [1.165, 1.54) is 4.90 Å². The van der Waals surface area contributed by atoms with E-state index < -0.39 is 27.4 Å². The van der Waals surface area contributed by atoms with Crippen LogP contribution in [-0.4, -0.2) is 38.0 Å². The van der Waals surface area contributed by atoms with E-state index in [0.29, 0.717) is 6.07 Å². The molecular weight excluding hydrogens is 257 g/mol. The molecule has 1 aliphatic heterocycles. The second kappa shape index (κ2) is 4.17. The van der Waals surface area contributed by atoms with Crippen LogP contribution in [0.5, 0.6) is 0 Å². The molecule has 0 spiro atoms. The monoisotopic (exact) mass is 266 g/mol. The lowest BCUT2D eigenvalue weighted by molar-refractivity contribution is 0.462. The molecule has 2 heterocycles. The van der Waals surface area contributed by atoms with Crippen LogP contribution in [0.2, 0.25) is 0 Å². The van der Waals surface area contributed by atoms with Gasteiger partial charge in [-0.25, -0.2) is 17.2 Å². The molecule has 1 aromatic heterocycles. The van der Waals surface area contributed by atoms with Crippen LogP contribution in [0, 0.1) is 17.6 Å². The van der Waals surface area contributed by atoms with Crippen LogP contribution in [-0.2, 0) is 9.84 Å². The average Bonchev–Trinajstić information content (AvgIpc) is 2.24. The molecule has 1 aliphatic rings. The van der Waals surface area contributed by atoms with Crippen LogP contribution in [0.3, 0.4) is 0 Å². The number of hydrogen-bond acceptors (Lipinski definition) is 4. The highest BCUT2D eigenvalue weighted by molar-refractivity contribution is 7.91. The zero-order valence-corrected chi connectivity index (χ0v) is 9.48. The molecule has 1 fully saturated rings. The summed E-state index contributed by atoms with van der Waals surface area (Å²) in [5.74, 6) is -4.40. The number of halogens is 3. The largest absolute Gasteiger partial charge is 0.352 e. The fourth-order valence-electron chi connectivity index (χ4n) is 1.58. The fourth-order valence-corrected chi connectivity index (χ4v) is 2.78. The molecule has 8 heteroatoms. The number of sulfone groups is 1. The third kappa shape index (κ3) is 2.51. The number of pyridine rings is 1. The van der Waals surface area contributed by atoms with Crippen molar-refractivity contribution < 1.29 is 21.6 Å². The summed E-state index contributed by atoms with van der Waals surface area (Å²) in [6.07, 6.45) is 0. The van der Waals surface area contributed by atoms with Crippen LogP contribution < -0.4 is 4.90 Å². The zero-order valence-electron chi connectivity index (χ0n) is 8.66. The van der Waals surface area contributed by atoms with Crippen LogP contribution in [0.15, 0.2) is 6.07 Å². The molecule has 0 radical (unpaired) electrons. The third-order valence-corrected chi connectivity index (χ3v) is 4.12. The van der Waals surface area contributed by atoms with Crippen LogP contribution in [0.1, 0.15) is 0 Å². The highest BCUT2D eigenvalue weighted by Crippen LogP contribution is 2.20. The molecule has 17 heavy (non-hydrogen) atoms. The van der Waals surface area contributed by atoms with Crippen molar-refractivity contribution in [2.75, 3.05) is 29.5 Å². The standard InChI is InChI=1S/C9H9F3N2O2S/c10-6-5-7(11)9(13-8(6)12)14-1-3-17(15,16)4-2-14/h5H,1-4H2. The van der Waals surface area contributed by atoms with Crippen LogP contribution >= 0.6 is 0 Å². The Kier molecular flexibility index (Phi) is 2.98. The molecule has 0 amide bonds. The van der Waals surface area contributed by atoms with Gasteiger partial charge in [0.1, 0.15) is 0 Å². The van der Waals surface area contributed by atoms with Crippen molar-refractivity contribution in [3.8, 4) is 0 Å². The van der Waals surface area contributed by atoms with Gasteiger partial charge in [0.15, 0.2) is 27.3 Å². The maximum absolute atomic E-state index is 13.3. The number of rotatable bonds is 1. The molecule has 1 saturated heterocycles. The minimum atomic E-state index is -3.11. The highest BCUT2D eigenvalue weighted by Gasteiger charge is 2.25. The van der Waals surface area contributed by atoms with Gasteiger partial charge in [-0.3, -0.25) is 0 Å². The fraction of sp³-hybridized carbons (Fsp3) is 0.444. The summed E-state index contributed by atoms with van der Waals surface area (Å²) >= 11 is 0.